The third-order valence-electron chi connectivity index (χ3n) is 4.36. The predicted molar refractivity (Wildman–Crippen MR) is 106 cm³/mol. The highest BCUT2D eigenvalue weighted by Gasteiger charge is 2.14. The molecule has 5 heteroatoms. The molecule has 0 aromatic heterocycles. The average Bonchev–Trinajstić information content (AvgIpc) is 2.65. The smallest absolute Gasteiger partial charge is 0.224 e. The molecule has 0 spiro atoms. The van der Waals surface area contributed by atoms with E-state index in [0.29, 0.717) is 49.8 Å². The number of carbonyl (C=O) groups excluding carboxylic acids is 1. The van der Waals surface area contributed by atoms with E-state index in [-0.39, 0.29) is 11.3 Å². The van der Waals surface area contributed by atoms with E-state index in [1.54, 1.807) is 6.07 Å². The van der Waals surface area contributed by atoms with Crippen LogP contribution in [0.2, 0.25) is 0 Å². The Bertz CT molecular complexity index is 778. The monoisotopic (exact) mass is 369 g/mol. The predicted octanol–water partition coefficient (Wildman–Crippen LogP) is 4.55. The molecule has 0 unspecified atom stereocenters. The van der Waals surface area contributed by atoms with Crippen LogP contribution in [0.3, 0.4) is 0 Å². The molecule has 1 N–H and O–H groups in total. The first-order valence-electron chi connectivity index (χ1n) is 9.35. The third-order valence-corrected chi connectivity index (χ3v) is 4.36. The van der Waals surface area contributed by atoms with Crippen molar-refractivity contribution in [2.75, 3.05) is 25.1 Å². The summed E-state index contributed by atoms with van der Waals surface area (Å²) in [6.45, 7) is 8.13. The van der Waals surface area contributed by atoms with E-state index in [0.717, 1.165) is 5.75 Å². The Kier molecular flexibility index (Phi) is 5.89. The molecule has 1 heterocycles. The van der Waals surface area contributed by atoms with Gasteiger partial charge in [0.1, 0.15) is 19.0 Å². The Labute approximate surface area is 160 Å². The lowest BCUT2D eigenvalue weighted by Crippen LogP contribution is -2.16. The summed E-state index contributed by atoms with van der Waals surface area (Å²) < 4.78 is 16.7. The van der Waals surface area contributed by atoms with Crippen molar-refractivity contribution in [1.82, 2.24) is 0 Å². The Morgan fingerprint density at radius 1 is 1.04 bits per heavy atom. The van der Waals surface area contributed by atoms with Crippen molar-refractivity contribution in [1.29, 1.82) is 0 Å². The van der Waals surface area contributed by atoms with Gasteiger partial charge in [-0.25, -0.2) is 0 Å². The summed E-state index contributed by atoms with van der Waals surface area (Å²) in [6.07, 6.45) is 1.05. The first-order chi connectivity index (χ1) is 12.9. The van der Waals surface area contributed by atoms with Gasteiger partial charge in [-0.15, -0.1) is 0 Å². The zero-order chi connectivity index (χ0) is 19.3. The zero-order valence-corrected chi connectivity index (χ0v) is 16.2. The van der Waals surface area contributed by atoms with E-state index in [9.17, 15) is 4.79 Å². The molecule has 0 fully saturated rings. The van der Waals surface area contributed by atoms with Crippen LogP contribution < -0.4 is 19.5 Å². The minimum Gasteiger partial charge on any atom is -0.494 e. The minimum absolute atomic E-state index is 0.0432. The number of fused-ring (bicyclic) bond motifs is 1. The molecular formula is C22H27NO4. The Morgan fingerprint density at radius 3 is 2.44 bits per heavy atom. The molecule has 27 heavy (non-hydrogen) atoms. The first kappa shape index (κ1) is 19.1. The highest BCUT2D eigenvalue weighted by atomic mass is 16.6. The summed E-state index contributed by atoms with van der Waals surface area (Å²) in [5.74, 6) is 2.17. The van der Waals surface area contributed by atoms with Crippen LogP contribution in [0.1, 0.15) is 39.2 Å². The molecule has 3 rings (SSSR count). The van der Waals surface area contributed by atoms with E-state index in [4.69, 9.17) is 14.2 Å². The molecule has 0 bridgehead atoms. The number of ether oxygens (including phenoxy) is 3. The molecule has 1 aliphatic heterocycles. The van der Waals surface area contributed by atoms with Gasteiger partial charge < -0.3 is 19.5 Å². The number of nitrogens with one attached hydrogen (secondary N) is 1. The molecule has 0 atom stereocenters. The molecule has 2 aromatic carbocycles. The van der Waals surface area contributed by atoms with Gasteiger partial charge in [0, 0.05) is 18.2 Å². The number of benzene rings is 2. The number of rotatable bonds is 6. The van der Waals surface area contributed by atoms with Crippen molar-refractivity contribution >= 4 is 11.6 Å². The molecule has 1 amide bonds. The van der Waals surface area contributed by atoms with Gasteiger partial charge in [-0.3, -0.25) is 4.79 Å². The van der Waals surface area contributed by atoms with Crippen molar-refractivity contribution < 1.29 is 19.0 Å². The Hall–Kier alpha value is -2.69. The van der Waals surface area contributed by atoms with Crippen molar-refractivity contribution in [2.45, 2.75) is 39.0 Å². The number of anilines is 1. The van der Waals surface area contributed by atoms with Gasteiger partial charge in [0.15, 0.2) is 11.5 Å². The summed E-state index contributed by atoms with van der Waals surface area (Å²) in [5.41, 5.74) is 2.11. The SMILES string of the molecule is CC(C)(C)c1ccc(OCCCC(=O)Nc2ccc3c(c2)OCCO3)cc1. The fourth-order valence-corrected chi connectivity index (χ4v) is 2.82. The van der Waals surface area contributed by atoms with E-state index in [2.05, 4.69) is 38.2 Å². The number of hydrogen-bond donors (Lipinski definition) is 1. The lowest BCUT2D eigenvalue weighted by Gasteiger charge is -2.19. The summed E-state index contributed by atoms with van der Waals surface area (Å²) in [5, 5.41) is 2.88. The van der Waals surface area contributed by atoms with Crippen LogP contribution in [0.25, 0.3) is 0 Å². The van der Waals surface area contributed by atoms with Crippen LogP contribution in [-0.4, -0.2) is 25.7 Å². The van der Waals surface area contributed by atoms with E-state index < -0.39 is 0 Å². The van der Waals surface area contributed by atoms with Crippen molar-refractivity contribution in [3.05, 3.63) is 48.0 Å². The molecule has 0 saturated carbocycles. The maximum atomic E-state index is 12.1. The normalized spacial score (nSPS) is 13.1. The van der Waals surface area contributed by atoms with Gasteiger partial charge in [0.2, 0.25) is 5.91 Å². The fraction of sp³-hybridized carbons (Fsp3) is 0.409. The number of amides is 1. The average molecular weight is 369 g/mol. The second-order valence-corrected chi connectivity index (χ2v) is 7.63. The summed E-state index contributed by atoms with van der Waals surface area (Å²) in [6, 6.07) is 13.6. The fourth-order valence-electron chi connectivity index (χ4n) is 2.82. The van der Waals surface area contributed by atoms with E-state index in [1.807, 2.05) is 24.3 Å². The van der Waals surface area contributed by atoms with Crippen LogP contribution in [0.5, 0.6) is 17.2 Å². The zero-order valence-electron chi connectivity index (χ0n) is 16.2. The molecular weight excluding hydrogens is 342 g/mol. The van der Waals surface area contributed by atoms with E-state index >= 15 is 0 Å². The molecule has 144 valence electrons. The van der Waals surface area contributed by atoms with Crippen molar-refractivity contribution in [3.8, 4) is 17.2 Å². The molecule has 1 aliphatic rings. The largest absolute Gasteiger partial charge is 0.494 e. The lowest BCUT2D eigenvalue weighted by molar-refractivity contribution is -0.116. The van der Waals surface area contributed by atoms with Gasteiger partial charge in [-0.05, 0) is 41.7 Å². The maximum Gasteiger partial charge on any atom is 0.224 e. The van der Waals surface area contributed by atoms with Crippen molar-refractivity contribution in [2.24, 2.45) is 0 Å². The minimum atomic E-state index is -0.0432. The first-order valence-corrected chi connectivity index (χ1v) is 9.35. The highest BCUT2D eigenvalue weighted by Crippen LogP contribution is 2.32. The van der Waals surface area contributed by atoms with Gasteiger partial charge in [-0.1, -0.05) is 32.9 Å². The summed E-state index contributed by atoms with van der Waals surface area (Å²) in [7, 11) is 0. The van der Waals surface area contributed by atoms with Crippen LogP contribution in [0.15, 0.2) is 42.5 Å². The van der Waals surface area contributed by atoms with Gasteiger partial charge in [0.05, 0.1) is 6.61 Å². The quantitative estimate of drug-likeness (QED) is 0.759. The Balaban J connectivity index is 1.41. The second-order valence-electron chi connectivity index (χ2n) is 7.63. The van der Waals surface area contributed by atoms with Crippen LogP contribution in [0, 0.1) is 0 Å². The lowest BCUT2D eigenvalue weighted by atomic mass is 9.87. The summed E-state index contributed by atoms with van der Waals surface area (Å²) in [4.78, 5) is 12.1. The Morgan fingerprint density at radius 2 is 1.74 bits per heavy atom. The molecule has 0 saturated heterocycles. The van der Waals surface area contributed by atoms with Gasteiger partial charge in [0.25, 0.3) is 0 Å². The topological polar surface area (TPSA) is 56.8 Å². The molecule has 0 radical (unpaired) electrons. The van der Waals surface area contributed by atoms with Crippen molar-refractivity contribution in [3.63, 3.8) is 0 Å². The van der Waals surface area contributed by atoms with Crippen LogP contribution in [0.4, 0.5) is 5.69 Å². The molecule has 0 aliphatic carbocycles. The standard InChI is InChI=1S/C22H27NO4/c1-22(2,3)16-6-9-18(10-7-16)25-12-4-5-21(24)23-17-8-11-19-20(15-17)27-14-13-26-19/h6-11,15H,4-5,12-14H2,1-3H3,(H,23,24). The third kappa shape index (κ3) is 5.39. The second kappa shape index (κ2) is 8.33. The summed E-state index contributed by atoms with van der Waals surface area (Å²) >= 11 is 0. The van der Waals surface area contributed by atoms with Gasteiger partial charge in [-0.2, -0.15) is 0 Å². The molecule has 2 aromatic rings. The maximum absolute atomic E-state index is 12.1. The molecule has 5 nitrogen and oxygen atoms in total. The number of hydrogen-bond acceptors (Lipinski definition) is 4. The highest BCUT2D eigenvalue weighted by molar-refractivity contribution is 5.91. The van der Waals surface area contributed by atoms with Crippen LogP contribution in [-0.2, 0) is 10.2 Å². The van der Waals surface area contributed by atoms with E-state index in [1.165, 1.54) is 5.56 Å². The number of carbonyl (C=O) groups is 1. The van der Waals surface area contributed by atoms with Crippen LogP contribution >= 0.6 is 0 Å². The van der Waals surface area contributed by atoms with Gasteiger partial charge >= 0.3 is 0 Å².